The highest BCUT2D eigenvalue weighted by atomic mass is 35.5. The lowest BCUT2D eigenvalue weighted by Crippen LogP contribution is -2.13. The second-order valence-electron chi connectivity index (χ2n) is 2.78. The fraction of sp³-hybridized carbons (Fsp3) is 0.125. The van der Waals surface area contributed by atoms with Crippen molar-refractivity contribution in [1.29, 1.82) is 0 Å². The fourth-order valence-electron chi connectivity index (χ4n) is 1.25. The smallest absolute Gasteiger partial charge is 0.248 e. The van der Waals surface area contributed by atoms with Crippen LogP contribution in [-0.2, 0) is 0 Å². The Labute approximate surface area is 80.1 Å². The number of nitrogens with one attached hydrogen (secondary N) is 2. The van der Waals surface area contributed by atoms with Gasteiger partial charge in [-0.3, -0.25) is 4.79 Å². The van der Waals surface area contributed by atoms with Crippen molar-refractivity contribution in [1.82, 2.24) is 0 Å². The zero-order valence-electron chi connectivity index (χ0n) is 6.67. The summed E-state index contributed by atoms with van der Waals surface area (Å²) in [5, 5.41) is 5.90. The van der Waals surface area contributed by atoms with Crippen LogP contribution in [0, 0.1) is 0 Å². The van der Waals surface area contributed by atoms with E-state index in [1.54, 1.807) is 18.2 Å². The number of anilines is 2. The number of alkyl halides is 1. The number of hydrogen-bond donors (Lipinski definition) is 3. The summed E-state index contributed by atoms with van der Waals surface area (Å²) >= 11 is 5.77. The highest BCUT2D eigenvalue weighted by Crippen LogP contribution is 2.30. The maximum absolute atomic E-state index is 10.8. The number of nitrogens with two attached hydrogens (primary N) is 1. The maximum Gasteiger partial charge on any atom is 0.248 e. The van der Waals surface area contributed by atoms with Crippen molar-refractivity contribution in [3.05, 3.63) is 23.8 Å². The van der Waals surface area contributed by atoms with E-state index < -0.39 is 5.91 Å². The Morgan fingerprint density at radius 1 is 1.38 bits per heavy atom. The van der Waals surface area contributed by atoms with Gasteiger partial charge < -0.3 is 16.4 Å². The molecule has 0 saturated heterocycles. The number of primary amides is 1. The largest absolute Gasteiger partial charge is 0.366 e. The van der Waals surface area contributed by atoms with Crippen LogP contribution >= 0.6 is 11.6 Å². The van der Waals surface area contributed by atoms with Gasteiger partial charge in [0.15, 0.2) is 5.62 Å². The Hall–Kier alpha value is -1.42. The third-order valence-corrected chi connectivity index (χ3v) is 2.09. The molecule has 0 fully saturated rings. The molecule has 5 heteroatoms. The number of carbonyl (C=O) groups is 1. The van der Waals surface area contributed by atoms with E-state index in [0.717, 1.165) is 11.4 Å². The van der Waals surface area contributed by atoms with Crippen LogP contribution in [0.3, 0.4) is 0 Å². The number of fused-ring (bicyclic) bond motifs is 1. The van der Waals surface area contributed by atoms with Gasteiger partial charge in [-0.25, -0.2) is 0 Å². The molecule has 1 unspecified atom stereocenters. The summed E-state index contributed by atoms with van der Waals surface area (Å²) in [7, 11) is 0. The van der Waals surface area contributed by atoms with Crippen molar-refractivity contribution in [3.63, 3.8) is 0 Å². The summed E-state index contributed by atoms with van der Waals surface area (Å²) in [5.41, 5.74) is 6.95. The van der Waals surface area contributed by atoms with Gasteiger partial charge in [0, 0.05) is 5.56 Å². The molecule has 0 aliphatic carbocycles. The van der Waals surface area contributed by atoms with E-state index in [0.29, 0.717) is 5.56 Å². The number of halogens is 1. The minimum Gasteiger partial charge on any atom is -0.366 e. The van der Waals surface area contributed by atoms with Crippen molar-refractivity contribution in [3.8, 4) is 0 Å². The van der Waals surface area contributed by atoms with Crippen LogP contribution in [0.25, 0.3) is 0 Å². The highest BCUT2D eigenvalue weighted by molar-refractivity contribution is 6.24. The first kappa shape index (κ1) is 8.19. The summed E-state index contributed by atoms with van der Waals surface area (Å²) in [5.74, 6) is -0.442. The second kappa shape index (κ2) is 2.81. The van der Waals surface area contributed by atoms with E-state index >= 15 is 0 Å². The third-order valence-electron chi connectivity index (χ3n) is 1.87. The van der Waals surface area contributed by atoms with E-state index in [4.69, 9.17) is 17.3 Å². The van der Waals surface area contributed by atoms with Gasteiger partial charge >= 0.3 is 0 Å². The van der Waals surface area contributed by atoms with Crippen molar-refractivity contribution in [2.75, 3.05) is 10.6 Å². The van der Waals surface area contributed by atoms with Crippen molar-refractivity contribution >= 4 is 28.9 Å². The summed E-state index contributed by atoms with van der Waals surface area (Å²) in [6.07, 6.45) is 0. The molecule has 68 valence electrons. The van der Waals surface area contributed by atoms with Crippen LogP contribution in [0.5, 0.6) is 0 Å². The number of benzene rings is 1. The molecule has 0 bridgehead atoms. The van der Waals surface area contributed by atoms with E-state index in [-0.39, 0.29) is 5.62 Å². The molecule has 1 aliphatic heterocycles. The predicted molar refractivity (Wildman–Crippen MR) is 51.8 cm³/mol. The summed E-state index contributed by atoms with van der Waals surface area (Å²) < 4.78 is 0. The number of carbonyl (C=O) groups excluding carboxylic acids is 1. The molecule has 0 aromatic heterocycles. The molecule has 1 atom stereocenters. The molecule has 1 aromatic carbocycles. The Kier molecular flexibility index (Phi) is 1.77. The third kappa shape index (κ3) is 1.40. The quantitative estimate of drug-likeness (QED) is 0.467. The maximum atomic E-state index is 10.8. The van der Waals surface area contributed by atoms with Gasteiger partial charge in [0.2, 0.25) is 5.91 Å². The van der Waals surface area contributed by atoms with Crippen LogP contribution < -0.4 is 16.4 Å². The molecular formula is C8H8ClN3O. The molecule has 0 spiro atoms. The minimum absolute atomic E-state index is 0.321. The van der Waals surface area contributed by atoms with Gasteiger partial charge in [-0.15, -0.1) is 0 Å². The van der Waals surface area contributed by atoms with Crippen molar-refractivity contribution in [2.45, 2.75) is 5.62 Å². The minimum atomic E-state index is -0.442. The zero-order chi connectivity index (χ0) is 9.42. The molecule has 1 heterocycles. The zero-order valence-corrected chi connectivity index (χ0v) is 7.43. The summed E-state index contributed by atoms with van der Waals surface area (Å²) in [4.78, 5) is 10.8. The standard InChI is InChI=1S/C8H8ClN3O/c9-8-11-5-2-1-4(7(10)13)3-6(5)12-8/h1-3,8,11-12H,(H2,10,13). The molecule has 1 aromatic rings. The molecular weight excluding hydrogens is 190 g/mol. The lowest BCUT2D eigenvalue weighted by Gasteiger charge is -1.99. The van der Waals surface area contributed by atoms with Crippen LogP contribution in [0.2, 0.25) is 0 Å². The summed E-state index contributed by atoms with van der Waals surface area (Å²) in [6.45, 7) is 0. The molecule has 4 nitrogen and oxygen atoms in total. The van der Waals surface area contributed by atoms with E-state index in [1.165, 1.54) is 0 Å². The van der Waals surface area contributed by atoms with E-state index in [2.05, 4.69) is 10.6 Å². The Bertz CT molecular complexity index is 366. The van der Waals surface area contributed by atoms with Gasteiger partial charge in [0.05, 0.1) is 11.4 Å². The number of hydrogen-bond acceptors (Lipinski definition) is 3. The molecule has 4 N–H and O–H groups in total. The molecule has 0 saturated carbocycles. The van der Waals surface area contributed by atoms with E-state index in [9.17, 15) is 4.79 Å². The second-order valence-corrected chi connectivity index (χ2v) is 3.21. The predicted octanol–water partition coefficient (Wildman–Crippen LogP) is 1.15. The van der Waals surface area contributed by atoms with Crippen LogP contribution in [0.1, 0.15) is 10.4 Å². The Morgan fingerprint density at radius 2 is 2.08 bits per heavy atom. The summed E-state index contributed by atoms with van der Waals surface area (Å²) in [6, 6.07) is 5.10. The molecule has 1 amide bonds. The van der Waals surface area contributed by atoms with Crippen LogP contribution in [0.15, 0.2) is 18.2 Å². The molecule has 13 heavy (non-hydrogen) atoms. The average molecular weight is 198 g/mol. The topological polar surface area (TPSA) is 67.2 Å². The average Bonchev–Trinajstić information content (AvgIpc) is 2.42. The number of amides is 1. The van der Waals surface area contributed by atoms with Gasteiger partial charge in [0.25, 0.3) is 0 Å². The lowest BCUT2D eigenvalue weighted by atomic mass is 10.2. The SMILES string of the molecule is NC(=O)c1ccc2c(c1)NC(Cl)N2. The molecule has 2 rings (SSSR count). The highest BCUT2D eigenvalue weighted by Gasteiger charge is 2.17. The van der Waals surface area contributed by atoms with Crippen molar-refractivity contribution < 1.29 is 4.79 Å². The van der Waals surface area contributed by atoms with Gasteiger partial charge in [-0.1, -0.05) is 11.6 Å². The lowest BCUT2D eigenvalue weighted by molar-refractivity contribution is 0.100. The van der Waals surface area contributed by atoms with Crippen LogP contribution in [-0.4, -0.2) is 11.5 Å². The molecule has 0 radical (unpaired) electrons. The first-order valence-electron chi connectivity index (χ1n) is 3.78. The first-order valence-corrected chi connectivity index (χ1v) is 4.21. The number of rotatable bonds is 1. The van der Waals surface area contributed by atoms with Gasteiger partial charge in [-0.2, -0.15) is 0 Å². The monoisotopic (exact) mass is 197 g/mol. The Morgan fingerprint density at radius 3 is 2.77 bits per heavy atom. The van der Waals surface area contributed by atoms with Crippen molar-refractivity contribution in [2.24, 2.45) is 5.73 Å². The van der Waals surface area contributed by atoms with E-state index in [1.807, 2.05) is 0 Å². The van der Waals surface area contributed by atoms with Gasteiger partial charge in [0.1, 0.15) is 0 Å². The van der Waals surface area contributed by atoms with Gasteiger partial charge in [-0.05, 0) is 18.2 Å². The fourth-order valence-corrected chi connectivity index (χ4v) is 1.49. The molecule has 1 aliphatic rings. The Balaban J connectivity index is 2.40. The normalized spacial score (nSPS) is 18.7. The van der Waals surface area contributed by atoms with Crippen LogP contribution in [0.4, 0.5) is 11.4 Å². The first-order chi connectivity index (χ1) is 6.16.